The Hall–Kier alpha value is -4.45. The summed E-state index contributed by atoms with van der Waals surface area (Å²) in [5.41, 5.74) is 0. The summed E-state index contributed by atoms with van der Waals surface area (Å²) in [6.07, 6.45) is 78.6. The fourth-order valence-corrected chi connectivity index (χ4v) is 6.96. The van der Waals surface area contributed by atoms with Crippen molar-refractivity contribution in [3.8, 4) is 0 Å². The first-order valence-electron chi connectivity index (χ1n) is 27.7. The molecule has 0 aromatic carbocycles. The van der Waals surface area contributed by atoms with Crippen LogP contribution in [0.25, 0.3) is 0 Å². The minimum atomic E-state index is -0.832. The molecule has 0 aliphatic rings. The Kier molecular flexibility index (Phi) is 52.5. The molecule has 6 heteroatoms. The summed E-state index contributed by atoms with van der Waals surface area (Å²) in [6, 6.07) is 0. The fourth-order valence-electron chi connectivity index (χ4n) is 6.96. The number of hydrogen-bond donors (Lipinski definition) is 0. The highest BCUT2D eigenvalue weighted by Crippen LogP contribution is 2.11. The summed E-state index contributed by atoms with van der Waals surface area (Å²) in [5.74, 6) is -1.03. The summed E-state index contributed by atoms with van der Waals surface area (Å²) < 4.78 is 16.8. The Morgan fingerprint density at radius 1 is 0.304 bits per heavy atom. The molecule has 6 nitrogen and oxygen atoms in total. The van der Waals surface area contributed by atoms with Crippen LogP contribution in [-0.2, 0) is 28.6 Å². The number of carbonyl (C=O) groups excluding carboxylic acids is 3. The minimum Gasteiger partial charge on any atom is -0.462 e. The molecule has 0 amide bonds. The first-order chi connectivity index (χ1) is 34.0. The van der Waals surface area contributed by atoms with Gasteiger partial charge >= 0.3 is 17.9 Å². The highest BCUT2D eigenvalue weighted by atomic mass is 16.6. The zero-order chi connectivity index (χ0) is 50.0. The molecule has 0 N–H and O–H groups in total. The maximum Gasteiger partial charge on any atom is 0.306 e. The van der Waals surface area contributed by atoms with Crippen molar-refractivity contribution in [2.75, 3.05) is 13.2 Å². The summed E-state index contributed by atoms with van der Waals surface area (Å²) in [5, 5.41) is 0. The third-order valence-corrected chi connectivity index (χ3v) is 11.1. The molecule has 0 aliphatic heterocycles. The van der Waals surface area contributed by atoms with E-state index in [-0.39, 0.29) is 37.5 Å². The SMILES string of the molecule is CC/C=C\C/C=C\C/C=C\C/C=C\CCCCCCC(=O)OC[C@H](COC(=O)CCCCCC/C=C\C/C=C\C/C=C\CCCCC)OC(=O)CCC/C=C\C/C=C\C/C=C\C/C=C\CCCCC. The molecule has 1 atom stereocenters. The van der Waals surface area contributed by atoms with Crippen LogP contribution in [0.2, 0.25) is 0 Å². The van der Waals surface area contributed by atoms with Crippen LogP contribution in [0, 0.1) is 0 Å². The highest BCUT2D eigenvalue weighted by Gasteiger charge is 2.19. The number of allylic oxidation sites excluding steroid dienone is 22. The molecule has 0 saturated carbocycles. The van der Waals surface area contributed by atoms with Crippen LogP contribution in [0.5, 0.6) is 0 Å². The van der Waals surface area contributed by atoms with Crippen molar-refractivity contribution >= 4 is 17.9 Å². The third-order valence-electron chi connectivity index (χ3n) is 11.1. The van der Waals surface area contributed by atoms with Gasteiger partial charge in [0, 0.05) is 19.3 Å². The van der Waals surface area contributed by atoms with Crippen LogP contribution in [-0.4, -0.2) is 37.2 Å². The predicted molar refractivity (Wildman–Crippen MR) is 297 cm³/mol. The van der Waals surface area contributed by atoms with Crippen LogP contribution in [0.3, 0.4) is 0 Å². The van der Waals surface area contributed by atoms with Gasteiger partial charge < -0.3 is 14.2 Å². The third kappa shape index (κ3) is 54.4. The van der Waals surface area contributed by atoms with Gasteiger partial charge in [0.2, 0.25) is 0 Å². The van der Waals surface area contributed by atoms with E-state index in [1.165, 1.54) is 51.4 Å². The molecule has 0 radical (unpaired) electrons. The van der Waals surface area contributed by atoms with E-state index >= 15 is 0 Å². The largest absolute Gasteiger partial charge is 0.462 e. The van der Waals surface area contributed by atoms with Gasteiger partial charge in [0.05, 0.1) is 0 Å². The average molecular weight is 953 g/mol. The van der Waals surface area contributed by atoms with Gasteiger partial charge in [-0.15, -0.1) is 0 Å². The van der Waals surface area contributed by atoms with Crippen LogP contribution in [0.1, 0.15) is 226 Å². The summed E-state index contributed by atoms with van der Waals surface area (Å²) in [4.78, 5) is 38.1. The van der Waals surface area contributed by atoms with Crippen molar-refractivity contribution < 1.29 is 28.6 Å². The molecule has 388 valence electrons. The van der Waals surface area contributed by atoms with E-state index in [1.54, 1.807) is 0 Å². The lowest BCUT2D eigenvalue weighted by Gasteiger charge is -2.18. The van der Waals surface area contributed by atoms with Gasteiger partial charge in [0.15, 0.2) is 6.10 Å². The van der Waals surface area contributed by atoms with Crippen molar-refractivity contribution in [3.63, 3.8) is 0 Å². The van der Waals surface area contributed by atoms with Gasteiger partial charge in [-0.1, -0.05) is 206 Å². The van der Waals surface area contributed by atoms with Gasteiger partial charge in [-0.2, -0.15) is 0 Å². The number of unbranched alkanes of at least 4 members (excludes halogenated alkanes) is 15. The van der Waals surface area contributed by atoms with Gasteiger partial charge in [-0.25, -0.2) is 0 Å². The van der Waals surface area contributed by atoms with E-state index in [1.807, 2.05) is 0 Å². The Balaban J connectivity index is 4.59. The smallest absolute Gasteiger partial charge is 0.306 e. The molecule has 0 heterocycles. The summed E-state index contributed by atoms with van der Waals surface area (Å²) in [6.45, 7) is 6.37. The molecule has 0 rings (SSSR count). The minimum absolute atomic E-state index is 0.124. The van der Waals surface area contributed by atoms with Crippen LogP contribution in [0.4, 0.5) is 0 Å². The number of rotatable bonds is 48. The van der Waals surface area contributed by atoms with Crippen LogP contribution in [0.15, 0.2) is 134 Å². The van der Waals surface area contributed by atoms with Crippen LogP contribution >= 0.6 is 0 Å². The molecule has 0 spiro atoms. The summed E-state index contributed by atoms with van der Waals surface area (Å²) >= 11 is 0. The predicted octanol–water partition coefficient (Wildman–Crippen LogP) is 18.6. The van der Waals surface area contributed by atoms with Gasteiger partial charge in [-0.05, 0) is 135 Å². The van der Waals surface area contributed by atoms with Crippen molar-refractivity contribution in [2.24, 2.45) is 0 Å². The Morgan fingerprint density at radius 3 is 0.913 bits per heavy atom. The molecular formula is C63H100O6. The highest BCUT2D eigenvalue weighted by molar-refractivity contribution is 5.71. The van der Waals surface area contributed by atoms with E-state index < -0.39 is 6.10 Å². The molecule has 0 aromatic heterocycles. The van der Waals surface area contributed by atoms with Crippen molar-refractivity contribution in [1.82, 2.24) is 0 Å². The standard InChI is InChI=1S/C63H100O6/c1-4-7-10-13-16-19-22-25-28-31-34-37-40-43-46-49-52-55-61(64)67-58-60(69-63(66)57-54-51-48-45-42-39-36-33-30-27-24-21-18-15-12-9-6-3)59-68-62(65)56-53-50-47-44-41-38-35-32-29-26-23-20-17-14-11-8-5-2/h7,10,16-21,25-30,34-39,45,48,60H,4-6,8-9,11-15,22-24,31-33,40-44,46-47,49-59H2,1-3H3/b10-7-,19-16-,20-17-,21-18-,28-25-,29-26-,30-27-,37-34-,38-35-,39-36-,48-45-/t60-/m1/s1. The monoisotopic (exact) mass is 953 g/mol. The van der Waals surface area contributed by atoms with Crippen molar-refractivity contribution in [1.29, 1.82) is 0 Å². The Labute approximate surface area is 424 Å². The molecule has 0 aromatic rings. The molecule has 0 aliphatic carbocycles. The molecule has 69 heavy (non-hydrogen) atoms. The number of ether oxygens (including phenoxy) is 3. The molecular weight excluding hydrogens is 853 g/mol. The quantitative estimate of drug-likeness (QED) is 0.0262. The van der Waals surface area contributed by atoms with E-state index in [9.17, 15) is 14.4 Å². The fraction of sp³-hybridized carbons (Fsp3) is 0.603. The Bertz CT molecular complexity index is 1510. The van der Waals surface area contributed by atoms with Crippen molar-refractivity contribution in [3.05, 3.63) is 134 Å². The van der Waals surface area contributed by atoms with Crippen molar-refractivity contribution in [2.45, 2.75) is 232 Å². The van der Waals surface area contributed by atoms with Gasteiger partial charge in [0.25, 0.3) is 0 Å². The number of esters is 3. The second-order valence-electron chi connectivity index (χ2n) is 17.7. The lowest BCUT2D eigenvalue weighted by atomic mass is 10.1. The van der Waals surface area contributed by atoms with E-state index in [2.05, 4.69) is 154 Å². The average Bonchev–Trinajstić information content (AvgIpc) is 3.35. The molecule has 0 unspecified atom stereocenters. The van der Waals surface area contributed by atoms with Gasteiger partial charge in [0.1, 0.15) is 13.2 Å². The first-order valence-corrected chi connectivity index (χ1v) is 27.7. The molecule has 0 saturated heterocycles. The molecule has 0 fully saturated rings. The lowest BCUT2D eigenvalue weighted by Crippen LogP contribution is -2.30. The first kappa shape index (κ1) is 64.5. The zero-order valence-corrected chi connectivity index (χ0v) is 44.3. The second-order valence-corrected chi connectivity index (χ2v) is 17.7. The number of carbonyl (C=O) groups is 3. The van der Waals surface area contributed by atoms with E-state index in [4.69, 9.17) is 14.2 Å². The summed E-state index contributed by atoms with van der Waals surface area (Å²) in [7, 11) is 0. The topological polar surface area (TPSA) is 78.9 Å². The van der Waals surface area contributed by atoms with E-state index in [0.717, 1.165) is 128 Å². The Morgan fingerprint density at radius 2 is 0.580 bits per heavy atom. The number of hydrogen-bond acceptors (Lipinski definition) is 6. The zero-order valence-electron chi connectivity index (χ0n) is 44.3. The maximum absolute atomic E-state index is 12.8. The van der Waals surface area contributed by atoms with Crippen LogP contribution < -0.4 is 0 Å². The van der Waals surface area contributed by atoms with E-state index in [0.29, 0.717) is 19.3 Å². The van der Waals surface area contributed by atoms with Gasteiger partial charge in [-0.3, -0.25) is 14.4 Å². The maximum atomic E-state index is 12.8. The lowest BCUT2D eigenvalue weighted by molar-refractivity contribution is -0.167. The normalized spacial score (nSPS) is 13.1. The molecule has 0 bridgehead atoms. The second kappa shape index (κ2) is 56.1.